The van der Waals surface area contributed by atoms with Crippen LogP contribution in [0.1, 0.15) is 31.0 Å². The molecule has 7 heteroatoms. The lowest BCUT2D eigenvalue weighted by molar-refractivity contribution is -0.132. The maximum Gasteiger partial charge on any atom is 0.300 e. The maximum atomic E-state index is 13.5. The first-order valence-corrected chi connectivity index (χ1v) is 11.5. The lowest BCUT2D eigenvalue weighted by Crippen LogP contribution is -2.29. The largest absolute Gasteiger partial charge is 0.507 e. The molecular formula is C28H27FN2O4. The molecule has 1 heterocycles. The van der Waals surface area contributed by atoms with E-state index in [1.807, 2.05) is 12.1 Å². The minimum absolute atomic E-state index is 0.0670. The van der Waals surface area contributed by atoms with Crippen LogP contribution in [-0.2, 0) is 9.59 Å². The number of ketones is 1. The maximum absolute atomic E-state index is 13.5. The number of carbonyl (C=O) groups excluding carboxylic acids is 2. The number of ether oxygens (including phenoxy) is 1. The monoisotopic (exact) mass is 474 g/mol. The van der Waals surface area contributed by atoms with Gasteiger partial charge in [-0.05, 0) is 80.1 Å². The first-order chi connectivity index (χ1) is 16.9. The number of hydrogen-bond acceptors (Lipinski definition) is 5. The molecule has 3 aromatic rings. The molecule has 1 amide bonds. The normalized spacial score (nSPS) is 17.0. The molecular weight excluding hydrogens is 447 g/mol. The number of halogens is 1. The Bertz CT molecular complexity index is 1260. The summed E-state index contributed by atoms with van der Waals surface area (Å²) in [5, 5.41) is 11.1. The molecule has 0 aliphatic carbocycles. The van der Waals surface area contributed by atoms with Gasteiger partial charge in [0.1, 0.15) is 17.3 Å². The molecule has 1 aliphatic rings. The zero-order chi connectivity index (χ0) is 25.1. The highest BCUT2D eigenvalue weighted by Crippen LogP contribution is 2.43. The fourth-order valence-corrected chi connectivity index (χ4v) is 4.40. The van der Waals surface area contributed by atoms with Crippen molar-refractivity contribution in [3.05, 3.63) is 95.3 Å². The second-order valence-corrected chi connectivity index (χ2v) is 8.14. The van der Waals surface area contributed by atoms with Crippen LogP contribution in [0.3, 0.4) is 0 Å². The van der Waals surface area contributed by atoms with E-state index in [0.717, 1.165) is 18.8 Å². The molecule has 1 atom stereocenters. The van der Waals surface area contributed by atoms with E-state index in [-0.39, 0.29) is 16.9 Å². The van der Waals surface area contributed by atoms with Crippen molar-refractivity contribution in [3.8, 4) is 5.75 Å². The fraction of sp³-hybridized carbons (Fsp3) is 0.214. The Morgan fingerprint density at radius 3 is 2.26 bits per heavy atom. The molecule has 1 aliphatic heterocycles. The number of methoxy groups -OCH3 is 1. The molecule has 0 radical (unpaired) electrons. The number of carbonyl (C=O) groups is 2. The van der Waals surface area contributed by atoms with Gasteiger partial charge in [0.05, 0.1) is 18.7 Å². The van der Waals surface area contributed by atoms with Gasteiger partial charge in [-0.1, -0.05) is 12.1 Å². The quantitative estimate of drug-likeness (QED) is 0.286. The number of benzene rings is 3. The summed E-state index contributed by atoms with van der Waals surface area (Å²) in [7, 11) is 1.53. The summed E-state index contributed by atoms with van der Waals surface area (Å²) < 4.78 is 18.8. The van der Waals surface area contributed by atoms with Crippen LogP contribution in [0.25, 0.3) is 5.76 Å². The number of aliphatic hydroxyl groups is 1. The number of rotatable bonds is 7. The van der Waals surface area contributed by atoms with Crippen molar-refractivity contribution in [2.24, 2.45) is 0 Å². The van der Waals surface area contributed by atoms with Gasteiger partial charge in [0, 0.05) is 30.0 Å². The molecule has 3 aromatic carbocycles. The molecule has 0 saturated carbocycles. The van der Waals surface area contributed by atoms with Crippen LogP contribution < -0.4 is 14.5 Å². The minimum Gasteiger partial charge on any atom is -0.507 e. The molecule has 0 bridgehead atoms. The average molecular weight is 475 g/mol. The van der Waals surface area contributed by atoms with Crippen molar-refractivity contribution in [2.75, 3.05) is 30.0 Å². The molecule has 1 fully saturated rings. The van der Waals surface area contributed by atoms with E-state index in [2.05, 4.69) is 18.7 Å². The van der Waals surface area contributed by atoms with E-state index < -0.39 is 23.5 Å². The smallest absolute Gasteiger partial charge is 0.300 e. The Balaban J connectivity index is 1.88. The van der Waals surface area contributed by atoms with Gasteiger partial charge < -0.3 is 14.7 Å². The van der Waals surface area contributed by atoms with Gasteiger partial charge in [-0.2, -0.15) is 0 Å². The van der Waals surface area contributed by atoms with Gasteiger partial charge in [-0.25, -0.2) is 4.39 Å². The van der Waals surface area contributed by atoms with Crippen LogP contribution >= 0.6 is 0 Å². The predicted molar refractivity (Wildman–Crippen MR) is 134 cm³/mol. The zero-order valence-electron chi connectivity index (χ0n) is 19.9. The molecule has 0 aromatic heterocycles. The summed E-state index contributed by atoms with van der Waals surface area (Å²) in [6.45, 7) is 5.80. The molecule has 1 saturated heterocycles. The van der Waals surface area contributed by atoms with E-state index in [9.17, 15) is 19.1 Å². The Kier molecular flexibility index (Phi) is 6.87. The second kappa shape index (κ2) is 10.0. The van der Waals surface area contributed by atoms with E-state index in [1.165, 1.54) is 36.3 Å². The summed E-state index contributed by atoms with van der Waals surface area (Å²) in [6, 6.07) is 18.7. The predicted octanol–water partition coefficient (Wildman–Crippen LogP) is 5.31. The lowest BCUT2D eigenvalue weighted by Gasteiger charge is -2.27. The number of amides is 1. The van der Waals surface area contributed by atoms with Crippen molar-refractivity contribution < 1.29 is 23.8 Å². The number of nitrogens with zero attached hydrogens (tertiary/aromatic N) is 2. The first-order valence-electron chi connectivity index (χ1n) is 11.5. The zero-order valence-corrected chi connectivity index (χ0v) is 19.9. The summed E-state index contributed by atoms with van der Waals surface area (Å²) in [6.07, 6.45) is 0. The van der Waals surface area contributed by atoms with Crippen molar-refractivity contribution in [2.45, 2.75) is 19.9 Å². The van der Waals surface area contributed by atoms with E-state index in [4.69, 9.17) is 4.74 Å². The molecule has 6 nitrogen and oxygen atoms in total. The van der Waals surface area contributed by atoms with Gasteiger partial charge in [0.25, 0.3) is 11.7 Å². The van der Waals surface area contributed by atoms with Crippen molar-refractivity contribution in [1.82, 2.24) is 0 Å². The third-order valence-corrected chi connectivity index (χ3v) is 6.23. The summed E-state index contributed by atoms with van der Waals surface area (Å²) in [5.74, 6) is -1.85. The van der Waals surface area contributed by atoms with Gasteiger partial charge in [0.15, 0.2) is 0 Å². The van der Waals surface area contributed by atoms with Crippen LogP contribution in [0.5, 0.6) is 5.75 Å². The average Bonchev–Trinajstić information content (AvgIpc) is 3.15. The van der Waals surface area contributed by atoms with Crippen LogP contribution in [-0.4, -0.2) is 37.0 Å². The summed E-state index contributed by atoms with van der Waals surface area (Å²) in [4.78, 5) is 30.1. The highest BCUT2D eigenvalue weighted by molar-refractivity contribution is 6.51. The van der Waals surface area contributed by atoms with Crippen LogP contribution in [0, 0.1) is 5.82 Å². The van der Waals surface area contributed by atoms with Crippen molar-refractivity contribution in [3.63, 3.8) is 0 Å². The van der Waals surface area contributed by atoms with Gasteiger partial charge in [-0.15, -0.1) is 0 Å². The molecule has 1 unspecified atom stereocenters. The van der Waals surface area contributed by atoms with E-state index in [1.54, 1.807) is 36.4 Å². The SMILES string of the molecule is CCN(CC)c1ccc(N2C(=O)C(=O)/C(=C(\O)c3ccc(F)cc3)C2c2cccc(OC)c2)cc1. The highest BCUT2D eigenvalue weighted by Gasteiger charge is 2.47. The number of Topliss-reactive ketones (excluding diaryl/α,β-unsaturated/α-hetero) is 1. The summed E-state index contributed by atoms with van der Waals surface area (Å²) >= 11 is 0. The topological polar surface area (TPSA) is 70.1 Å². The number of anilines is 2. The van der Waals surface area contributed by atoms with Crippen molar-refractivity contribution >= 4 is 28.8 Å². The second-order valence-electron chi connectivity index (χ2n) is 8.14. The van der Waals surface area contributed by atoms with Crippen molar-refractivity contribution in [1.29, 1.82) is 0 Å². The van der Waals surface area contributed by atoms with Crippen LogP contribution in [0.2, 0.25) is 0 Å². The minimum atomic E-state index is -0.894. The van der Waals surface area contributed by atoms with Gasteiger partial charge >= 0.3 is 0 Å². The molecule has 0 spiro atoms. The van der Waals surface area contributed by atoms with Gasteiger partial charge in [-0.3, -0.25) is 14.5 Å². The Hall–Kier alpha value is -4.13. The molecule has 1 N–H and O–H groups in total. The third kappa shape index (κ3) is 4.49. The van der Waals surface area contributed by atoms with Gasteiger partial charge in [0.2, 0.25) is 0 Å². The first kappa shape index (κ1) is 24.0. The lowest BCUT2D eigenvalue weighted by atomic mass is 9.95. The fourth-order valence-electron chi connectivity index (χ4n) is 4.40. The molecule has 35 heavy (non-hydrogen) atoms. The van der Waals surface area contributed by atoms with E-state index >= 15 is 0 Å². The highest BCUT2D eigenvalue weighted by atomic mass is 19.1. The van der Waals surface area contributed by atoms with Crippen LogP contribution in [0.15, 0.2) is 78.4 Å². The third-order valence-electron chi connectivity index (χ3n) is 6.23. The summed E-state index contributed by atoms with van der Waals surface area (Å²) in [5.41, 5.74) is 2.30. The van der Waals surface area contributed by atoms with E-state index in [0.29, 0.717) is 17.0 Å². The molecule has 180 valence electrons. The molecule has 4 rings (SSSR count). The van der Waals surface area contributed by atoms with Crippen LogP contribution in [0.4, 0.5) is 15.8 Å². The number of hydrogen-bond donors (Lipinski definition) is 1. The number of aliphatic hydroxyl groups excluding tert-OH is 1. The Morgan fingerprint density at radius 2 is 1.66 bits per heavy atom. The Labute approximate surface area is 203 Å². The standard InChI is InChI=1S/C28H27FN2O4/c1-4-30(5-2)21-13-15-22(16-14-21)31-25(19-7-6-8-23(17-19)35-3)24(27(33)28(31)34)26(32)18-9-11-20(29)12-10-18/h6-17,25,32H,4-5H2,1-3H3/b26-24-. The Morgan fingerprint density at radius 1 is 1.00 bits per heavy atom.